The summed E-state index contributed by atoms with van der Waals surface area (Å²) in [6, 6.07) is 18.4. The van der Waals surface area contributed by atoms with E-state index in [1.165, 1.54) is 12.1 Å². The van der Waals surface area contributed by atoms with Crippen LogP contribution >= 0.6 is 0 Å². The first kappa shape index (κ1) is 24.7. The number of fused-ring (bicyclic) bond motifs is 1. The number of sulfonamides is 1. The van der Waals surface area contributed by atoms with Gasteiger partial charge in [0.05, 0.1) is 17.5 Å². The number of halogens is 1. The van der Waals surface area contributed by atoms with Gasteiger partial charge in [-0.3, -0.25) is 9.52 Å². The number of amides is 1. The van der Waals surface area contributed by atoms with E-state index in [2.05, 4.69) is 4.72 Å². The minimum atomic E-state index is -4.00. The highest BCUT2D eigenvalue weighted by atomic mass is 32.2. The first-order valence-electron chi connectivity index (χ1n) is 11.7. The Morgan fingerprint density at radius 2 is 1.83 bits per heavy atom. The van der Waals surface area contributed by atoms with Crippen molar-refractivity contribution in [2.45, 2.75) is 57.2 Å². The maximum atomic E-state index is 14.0. The minimum Gasteiger partial charge on any atom is -0.480 e. The molecular weight excluding hydrogens is 467 g/mol. The van der Waals surface area contributed by atoms with E-state index in [1.54, 1.807) is 25.1 Å². The van der Waals surface area contributed by atoms with Crippen molar-refractivity contribution in [2.75, 3.05) is 4.72 Å². The number of rotatable bonds is 7. The van der Waals surface area contributed by atoms with Gasteiger partial charge in [0.25, 0.3) is 15.9 Å². The summed E-state index contributed by atoms with van der Waals surface area (Å²) in [7, 11) is -4.00. The molecule has 2 atom stereocenters. The molecule has 1 aliphatic rings. The van der Waals surface area contributed by atoms with Crippen LogP contribution in [0.5, 0.6) is 5.75 Å². The molecule has 0 spiro atoms. The number of carbonyl (C=O) groups excluding carboxylic acids is 1. The second-order valence-corrected chi connectivity index (χ2v) is 10.3. The third-order valence-electron chi connectivity index (χ3n) is 6.25. The molecule has 1 N–H and O–H groups in total. The summed E-state index contributed by atoms with van der Waals surface area (Å²) in [5.41, 5.74) is 2.40. The number of anilines is 1. The molecule has 3 aromatic carbocycles. The smallest absolute Gasteiger partial charge is 0.264 e. The first-order valence-corrected chi connectivity index (χ1v) is 13.2. The number of benzene rings is 3. The molecule has 1 heterocycles. The lowest BCUT2D eigenvalue weighted by Gasteiger charge is -2.32. The summed E-state index contributed by atoms with van der Waals surface area (Å²) in [5.74, 6) is -0.147. The van der Waals surface area contributed by atoms with E-state index in [1.807, 2.05) is 49.1 Å². The number of hydrogen-bond donors (Lipinski definition) is 1. The quantitative estimate of drug-likeness (QED) is 0.463. The lowest BCUT2D eigenvalue weighted by Crippen LogP contribution is -2.41. The van der Waals surface area contributed by atoms with Gasteiger partial charge in [-0.25, -0.2) is 12.8 Å². The highest BCUT2D eigenvalue weighted by molar-refractivity contribution is 7.92. The predicted octanol–water partition coefficient (Wildman–Crippen LogP) is 5.59. The molecule has 184 valence electrons. The summed E-state index contributed by atoms with van der Waals surface area (Å²) in [5, 5.41) is 0. The van der Waals surface area contributed by atoms with Gasteiger partial charge in [0.15, 0.2) is 6.10 Å². The van der Waals surface area contributed by atoms with Crippen LogP contribution in [0.1, 0.15) is 49.4 Å². The molecule has 0 radical (unpaired) electrons. The average molecular weight is 497 g/mol. The summed E-state index contributed by atoms with van der Waals surface area (Å²) in [6.07, 6.45) is 0.590. The molecular formula is C27H29FN2O4S. The van der Waals surface area contributed by atoms with Crippen molar-refractivity contribution in [1.29, 1.82) is 0 Å². The molecule has 3 aromatic rings. The summed E-state index contributed by atoms with van der Waals surface area (Å²) >= 11 is 0. The maximum absolute atomic E-state index is 14.0. The first-order chi connectivity index (χ1) is 16.7. The SMILES string of the molecule is CC[C@@H]1Oc2ccc(NS(=O)(=O)c3ccc(C)c(F)c3)cc2CN([C@@H](CC)c2ccccc2)C1=O. The van der Waals surface area contributed by atoms with Crippen LogP contribution in [-0.2, 0) is 21.4 Å². The topological polar surface area (TPSA) is 75.7 Å². The van der Waals surface area contributed by atoms with E-state index in [0.717, 1.165) is 11.6 Å². The zero-order chi connectivity index (χ0) is 25.2. The molecule has 0 saturated heterocycles. The van der Waals surface area contributed by atoms with Crippen LogP contribution in [0.2, 0.25) is 0 Å². The van der Waals surface area contributed by atoms with Gasteiger partial charge in [-0.2, -0.15) is 0 Å². The number of aryl methyl sites for hydroxylation is 1. The number of hydrogen-bond acceptors (Lipinski definition) is 4. The molecule has 0 unspecified atom stereocenters. The number of nitrogens with zero attached hydrogens (tertiary/aromatic N) is 1. The van der Waals surface area contributed by atoms with Crippen molar-refractivity contribution < 1.29 is 22.3 Å². The van der Waals surface area contributed by atoms with Gasteiger partial charge in [-0.15, -0.1) is 0 Å². The van der Waals surface area contributed by atoms with Crippen molar-refractivity contribution in [1.82, 2.24) is 4.90 Å². The zero-order valence-electron chi connectivity index (χ0n) is 20.0. The fraction of sp³-hybridized carbons (Fsp3) is 0.296. The Hall–Kier alpha value is -3.39. The second kappa shape index (κ2) is 10.1. The monoisotopic (exact) mass is 496 g/mol. The third-order valence-corrected chi connectivity index (χ3v) is 7.63. The molecule has 1 aliphatic heterocycles. The van der Waals surface area contributed by atoms with E-state index in [9.17, 15) is 17.6 Å². The fourth-order valence-electron chi connectivity index (χ4n) is 4.32. The van der Waals surface area contributed by atoms with Gasteiger partial charge in [-0.05, 0) is 61.2 Å². The Kier molecular flexibility index (Phi) is 7.12. The normalized spacial score (nSPS) is 16.7. The van der Waals surface area contributed by atoms with Gasteiger partial charge in [-0.1, -0.05) is 50.2 Å². The Morgan fingerprint density at radius 3 is 2.49 bits per heavy atom. The summed E-state index contributed by atoms with van der Waals surface area (Å²) in [6.45, 7) is 5.77. The highest BCUT2D eigenvalue weighted by Gasteiger charge is 2.34. The van der Waals surface area contributed by atoms with Gasteiger partial charge < -0.3 is 9.64 Å². The maximum Gasteiger partial charge on any atom is 0.264 e. The van der Waals surface area contributed by atoms with Crippen molar-refractivity contribution >= 4 is 21.6 Å². The van der Waals surface area contributed by atoms with Crippen LogP contribution in [0, 0.1) is 12.7 Å². The van der Waals surface area contributed by atoms with Crippen LogP contribution in [-0.4, -0.2) is 25.3 Å². The largest absolute Gasteiger partial charge is 0.480 e. The van der Waals surface area contributed by atoms with E-state index in [4.69, 9.17) is 4.74 Å². The van der Waals surface area contributed by atoms with Crippen LogP contribution in [0.3, 0.4) is 0 Å². The van der Waals surface area contributed by atoms with Crippen LogP contribution < -0.4 is 9.46 Å². The average Bonchev–Trinajstić information content (AvgIpc) is 2.98. The van der Waals surface area contributed by atoms with Crippen molar-refractivity contribution in [3.05, 3.63) is 89.2 Å². The molecule has 4 rings (SSSR count). The molecule has 0 aliphatic carbocycles. The number of carbonyl (C=O) groups is 1. The van der Waals surface area contributed by atoms with Crippen molar-refractivity contribution in [3.63, 3.8) is 0 Å². The Morgan fingerprint density at radius 1 is 1.09 bits per heavy atom. The van der Waals surface area contributed by atoms with Gasteiger partial charge >= 0.3 is 0 Å². The summed E-state index contributed by atoms with van der Waals surface area (Å²) in [4.78, 5) is 15.1. The Bertz CT molecular complexity index is 1330. The fourth-order valence-corrected chi connectivity index (χ4v) is 5.38. The van der Waals surface area contributed by atoms with Crippen LogP contribution in [0.25, 0.3) is 0 Å². The molecule has 0 aromatic heterocycles. The molecule has 35 heavy (non-hydrogen) atoms. The van der Waals surface area contributed by atoms with E-state index in [0.29, 0.717) is 35.4 Å². The predicted molar refractivity (Wildman–Crippen MR) is 133 cm³/mol. The van der Waals surface area contributed by atoms with E-state index < -0.39 is 21.9 Å². The molecule has 8 heteroatoms. The number of ether oxygens (including phenoxy) is 1. The van der Waals surface area contributed by atoms with Crippen molar-refractivity contribution in [3.8, 4) is 5.75 Å². The second-order valence-electron chi connectivity index (χ2n) is 8.65. The third kappa shape index (κ3) is 5.17. The molecule has 0 saturated carbocycles. The zero-order valence-corrected chi connectivity index (χ0v) is 20.8. The molecule has 0 bridgehead atoms. The lowest BCUT2D eigenvalue weighted by atomic mass is 10.0. The van der Waals surface area contributed by atoms with Crippen LogP contribution in [0.4, 0.5) is 10.1 Å². The molecule has 6 nitrogen and oxygen atoms in total. The lowest BCUT2D eigenvalue weighted by molar-refractivity contribution is -0.141. The van der Waals surface area contributed by atoms with Crippen molar-refractivity contribution in [2.24, 2.45) is 0 Å². The van der Waals surface area contributed by atoms with Gasteiger partial charge in [0.2, 0.25) is 0 Å². The van der Waals surface area contributed by atoms with E-state index >= 15 is 0 Å². The van der Waals surface area contributed by atoms with E-state index in [-0.39, 0.29) is 23.4 Å². The Labute approximate surface area is 205 Å². The molecule has 1 amide bonds. The standard InChI is InChI=1S/C27H29FN2O4S/c1-4-24(19-9-7-6-8-10-19)30-17-20-15-21(12-14-26(20)34-25(5-2)27(30)31)29-35(32,33)22-13-11-18(3)23(28)16-22/h6-16,24-25,29H,4-5,17H2,1-3H3/t24-,25-/m0/s1. The summed E-state index contributed by atoms with van der Waals surface area (Å²) < 4.78 is 48.3. The highest BCUT2D eigenvalue weighted by Crippen LogP contribution is 2.35. The van der Waals surface area contributed by atoms with Gasteiger partial charge in [0.1, 0.15) is 11.6 Å². The minimum absolute atomic E-state index is 0.100. The molecule has 0 fully saturated rings. The van der Waals surface area contributed by atoms with Crippen LogP contribution in [0.15, 0.2) is 71.6 Å². The Balaban J connectivity index is 1.68. The van der Waals surface area contributed by atoms with Gasteiger partial charge in [0, 0.05) is 11.3 Å². The number of nitrogens with one attached hydrogen (secondary N) is 1.